The maximum atomic E-state index is 10.9. The zero-order valence-corrected chi connectivity index (χ0v) is 11.6. The Bertz CT molecular complexity index is 589. The van der Waals surface area contributed by atoms with Crippen LogP contribution in [0.2, 0.25) is 0 Å². The van der Waals surface area contributed by atoms with E-state index in [4.69, 9.17) is 5.11 Å². The Kier molecular flexibility index (Phi) is 3.79. The van der Waals surface area contributed by atoms with Gasteiger partial charge < -0.3 is 15.0 Å². The Balaban J connectivity index is 2.19. The van der Waals surface area contributed by atoms with Gasteiger partial charge in [-0.2, -0.15) is 0 Å². The number of para-hydroxylation sites is 1. The monoisotopic (exact) mass is 260 g/mol. The van der Waals surface area contributed by atoms with Crippen molar-refractivity contribution < 1.29 is 9.90 Å². The molecule has 4 heteroatoms. The highest BCUT2D eigenvalue weighted by atomic mass is 16.4. The number of nitrogens with one attached hydrogen (secondary N) is 1. The number of benzene rings is 1. The lowest BCUT2D eigenvalue weighted by Crippen LogP contribution is -2.23. The van der Waals surface area contributed by atoms with E-state index in [1.54, 1.807) is 6.92 Å². The van der Waals surface area contributed by atoms with Crippen LogP contribution in [0.1, 0.15) is 19.0 Å². The summed E-state index contributed by atoms with van der Waals surface area (Å²) in [6, 6.07) is 8.17. The first-order valence-corrected chi connectivity index (χ1v) is 6.52. The predicted octanol–water partition coefficient (Wildman–Crippen LogP) is 3.02. The first-order valence-electron chi connectivity index (χ1n) is 6.52. The van der Waals surface area contributed by atoms with Crippen LogP contribution in [-0.4, -0.2) is 29.7 Å². The number of carbonyl (C=O) groups is 1. The number of H-pyrrole nitrogens is 1. The highest BCUT2D eigenvalue weighted by Crippen LogP contribution is 2.30. The van der Waals surface area contributed by atoms with Crippen molar-refractivity contribution in [3.8, 4) is 0 Å². The summed E-state index contributed by atoms with van der Waals surface area (Å²) in [5.41, 5.74) is 3.40. The van der Waals surface area contributed by atoms with Crippen molar-refractivity contribution in [2.45, 2.75) is 20.3 Å². The van der Waals surface area contributed by atoms with E-state index in [2.05, 4.69) is 22.0 Å². The molecule has 0 bridgehead atoms. The maximum Gasteiger partial charge on any atom is 0.306 e. The first kappa shape index (κ1) is 13.5. The molecule has 0 amide bonds. The number of carboxylic acid groups (broad SMARTS) is 1. The van der Waals surface area contributed by atoms with E-state index in [0.717, 1.165) is 23.4 Å². The van der Waals surface area contributed by atoms with Gasteiger partial charge in [0.15, 0.2) is 0 Å². The summed E-state index contributed by atoms with van der Waals surface area (Å²) >= 11 is 0. The van der Waals surface area contributed by atoms with Gasteiger partial charge in [-0.3, -0.25) is 4.79 Å². The van der Waals surface area contributed by atoms with E-state index in [1.165, 1.54) is 5.39 Å². The van der Waals surface area contributed by atoms with Gasteiger partial charge in [0, 0.05) is 30.2 Å². The fraction of sp³-hybridized carbons (Fsp3) is 0.400. The summed E-state index contributed by atoms with van der Waals surface area (Å²) in [5, 5.41) is 10.1. The number of aromatic amines is 1. The molecule has 2 N–H and O–H groups in total. The lowest BCUT2D eigenvalue weighted by molar-refractivity contribution is -0.141. The Morgan fingerprint density at radius 3 is 2.79 bits per heavy atom. The van der Waals surface area contributed by atoms with Crippen LogP contribution in [0.3, 0.4) is 0 Å². The summed E-state index contributed by atoms with van der Waals surface area (Å²) in [5.74, 6) is -1.04. The van der Waals surface area contributed by atoms with Gasteiger partial charge in [-0.1, -0.05) is 25.1 Å². The predicted molar refractivity (Wildman–Crippen MR) is 77.7 cm³/mol. The number of hydrogen-bond donors (Lipinski definition) is 2. The minimum Gasteiger partial charge on any atom is -0.481 e. The second-order valence-corrected chi connectivity index (χ2v) is 5.09. The summed E-state index contributed by atoms with van der Waals surface area (Å²) in [6.07, 6.45) is 0.644. The van der Waals surface area contributed by atoms with Crippen molar-refractivity contribution in [2.75, 3.05) is 18.5 Å². The first-order chi connectivity index (χ1) is 9.00. The molecule has 1 aromatic heterocycles. The van der Waals surface area contributed by atoms with Crippen molar-refractivity contribution in [3.05, 3.63) is 30.0 Å². The van der Waals surface area contributed by atoms with Gasteiger partial charge in [0.25, 0.3) is 0 Å². The molecule has 1 aromatic carbocycles. The number of aryl methyl sites for hydroxylation is 1. The smallest absolute Gasteiger partial charge is 0.306 e. The molecular formula is C15H20N2O2. The normalized spacial score (nSPS) is 12.6. The quantitative estimate of drug-likeness (QED) is 0.868. The highest BCUT2D eigenvalue weighted by Gasteiger charge is 2.15. The van der Waals surface area contributed by atoms with E-state index >= 15 is 0 Å². The van der Waals surface area contributed by atoms with Gasteiger partial charge in [0.2, 0.25) is 0 Å². The minimum absolute atomic E-state index is 0.312. The third kappa shape index (κ3) is 2.72. The van der Waals surface area contributed by atoms with Crippen molar-refractivity contribution in [2.24, 2.45) is 5.92 Å². The molecule has 1 unspecified atom stereocenters. The maximum absolute atomic E-state index is 10.9. The summed E-state index contributed by atoms with van der Waals surface area (Å²) in [6.45, 7) is 4.53. The standard InChI is InChI=1S/C15H20N2O2/c1-10(15(18)19)8-9-17(3)14-11(2)16-13-7-5-4-6-12(13)14/h4-7,10,16H,8-9H2,1-3H3,(H,18,19). The molecule has 0 aliphatic rings. The van der Waals surface area contributed by atoms with E-state index in [1.807, 2.05) is 26.1 Å². The van der Waals surface area contributed by atoms with Crippen LogP contribution >= 0.6 is 0 Å². The van der Waals surface area contributed by atoms with E-state index in [9.17, 15) is 4.79 Å². The van der Waals surface area contributed by atoms with Crippen molar-refractivity contribution in [3.63, 3.8) is 0 Å². The average Bonchev–Trinajstić information content (AvgIpc) is 2.71. The van der Waals surface area contributed by atoms with Crippen LogP contribution in [0.4, 0.5) is 5.69 Å². The fourth-order valence-corrected chi connectivity index (χ4v) is 2.38. The molecule has 1 heterocycles. The van der Waals surface area contributed by atoms with Crippen LogP contribution in [0, 0.1) is 12.8 Å². The number of aromatic nitrogens is 1. The number of rotatable bonds is 5. The van der Waals surface area contributed by atoms with Crippen LogP contribution in [0.5, 0.6) is 0 Å². The van der Waals surface area contributed by atoms with Crippen molar-refractivity contribution in [1.82, 2.24) is 4.98 Å². The number of carboxylic acids is 1. The zero-order valence-electron chi connectivity index (χ0n) is 11.6. The Morgan fingerprint density at radius 2 is 2.11 bits per heavy atom. The summed E-state index contributed by atoms with van der Waals surface area (Å²) in [4.78, 5) is 16.3. The van der Waals surface area contributed by atoms with Crippen molar-refractivity contribution in [1.29, 1.82) is 0 Å². The summed E-state index contributed by atoms with van der Waals surface area (Å²) < 4.78 is 0. The van der Waals surface area contributed by atoms with Gasteiger partial charge in [0.1, 0.15) is 0 Å². The second kappa shape index (κ2) is 5.34. The topological polar surface area (TPSA) is 56.3 Å². The molecule has 102 valence electrons. The molecule has 0 aliphatic carbocycles. The largest absolute Gasteiger partial charge is 0.481 e. The van der Waals surface area contributed by atoms with Crippen LogP contribution in [-0.2, 0) is 4.79 Å². The number of fused-ring (bicyclic) bond motifs is 1. The van der Waals surface area contributed by atoms with Gasteiger partial charge in [-0.15, -0.1) is 0 Å². The second-order valence-electron chi connectivity index (χ2n) is 5.09. The molecule has 0 aliphatic heterocycles. The molecule has 0 radical (unpaired) electrons. The molecule has 0 spiro atoms. The van der Waals surface area contributed by atoms with Crippen LogP contribution < -0.4 is 4.90 Å². The molecule has 0 fully saturated rings. The molecule has 0 saturated heterocycles. The van der Waals surface area contributed by atoms with Gasteiger partial charge >= 0.3 is 5.97 Å². The molecule has 2 aromatic rings. The molecule has 0 saturated carbocycles. The van der Waals surface area contributed by atoms with E-state index in [-0.39, 0.29) is 5.92 Å². The van der Waals surface area contributed by atoms with Gasteiger partial charge in [0.05, 0.1) is 11.6 Å². The third-order valence-electron chi connectivity index (χ3n) is 3.56. The minimum atomic E-state index is -0.732. The van der Waals surface area contributed by atoms with Gasteiger partial charge in [-0.25, -0.2) is 0 Å². The van der Waals surface area contributed by atoms with Gasteiger partial charge in [-0.05, 0) is 19.4 Å². The van der Waals surface area contributed by atoms with Crippen LogP contribution in [0.25, 0.3) is 10.9 Å². The number of aliphatic carboxylic acids is 1. The molecule has 1 atom stereocenters. The van der Waals surface area contributed by atoms with Crippen LogP contribution in [0.15, 0.2) is 24.3 Å². The average molecular weight is 260 g/mol. The Hall–Kier alpha value is -1.97. The Morgan fingerprint density at radius 1 is 1.42 bits per heavy atom. The van der Waals surface area contributed by atoms with E-state index in [0.29, 0.717) is 6.42 Å². The molecule has 2 rings (SSSR count). The van der Waals surface area contributed by atoms with E-state index < -0.39 is 5.97 Å². The third-order valence-corrected chi connectivity index (χ3v) is 3.56. The fourth-order valence-electron chi connectivity index (χ4n) is 2.38. The summed E-state index contributed by atoms with van der Waals surface area (Å²) in [7, 11) is 2.01. The Labute approximate surface area is 113 Å². The molecular weight excluding hydrogens is 240 g/mol. The lowest BCUT2D eigenvalue weighted by atomic mass is 10.1. The molecule has 4 nitrogen and oxygen atoms in total. The molecule has 19 heavy (non-hydrogen) atoms. The van der Waals surface area contributed by atoms with Crippen molar-refractivity contribution >= 4 is 22.6 Å². The number of hydrogen-bond acceptors (Lipinski definition) is 2. The zero-order chi connectivity index (χ0) is 14.0. The number of anilines is 1. The SMILES string of the molecule is Cc1[nH]c2ccccc2c1N(C)CCC(C)C(=O)O. The lowest BCUT2D eigenvalue weighted by Gasteiger charge is -2.20. The highest BCUT2D eigenvalue weighted by molar-refractivity contribution is 5.94. The number of nitrogens with zero attached hydrogens (tertiary/aromatic N) is 1.